The van der Waals surface area contributed by atoms with Gasteiger partial charge in [0.25, 0.3) is 0 Å². The average Bonchev–Trinajstić information content (AvgIpc) is 3.31. The maximum absolute atomic E-state index is 12.3. The molecule has 0 aliphatic carbocycles. The number of nitrogens with zero attached hydrogens (tertiary/aromatic N) is 4. The summed E-state index contributed by atoms with van der Waals surface area (Å²) >= 11 is 1.44. The topological polar surface area (TPSA) is 76.2 Å². The fourth-order valence-electron chi connectivity index (χ4n) is 3.11. The van der Waals surface area contributed by atoms with Gasteiger partial charge in [-0.15, -0.1) is 10.2 Å². The van der Waals surface area contributed by atoms with Gasteiger partial charge in [-0.2, -0.15) is 0 Å². The SMILES string of the molecule is CCCNC(=O)C(C)Sc1nnc(N2CCC(C)CC2)n1Cc1ccco1. The Balaban J connectivity index is 1.79. The van der Waals surface area contributed by atoms with Crippen LogP contribution in [-0.4, -0.2) is 45.6 Å². The quantitative estimate of drug-likeness (QED) is 0.697. The van der Waals surface area contributed by atoms with Gasteiger partial charge in [-0.05, 0) is 44.2 Å². The molecule has 0 spiro atoms. The van der Waals surface area contributed by atoms with E-state index in [1.807, 2.05) is 26.0 Å². The lowest BCUT2D eigenvalue weighted by molar-refractivity contribution is -0.120. The van der Waals surface area contributed by atoms with Crippen molar-refractivity contribution in [1.29, 1.82) is 0 Å². The maximum atomic E-state index is 12.3. The maximum Gasteiger partial charge on any atom is 0.233 e. The van der Waals surface area contributed by atoms with Crippen molar-refractivity contribution < 1.29 is 9.21 Å². The Labute approximate surface area is 164 Å². The molecule has 3 rings (SSSR count). The lowest BCUT2D eigenvalue weighted by atomic mass is 10.00. The monoisotopic (exact) mass is 391 g/mol. The first-order valence-corrected chi connectivity index (χ1v) is 10.6. The van der Waals surface area contributed by atoms with E-state index in [2.05, 4.69) is 31.9 Å². The van der Waals surface area contributed by atoms with Crippen LogP contribution >= 0.6 is 11.8 Å². The molecule has 27 heavy (non-hydrogen) atoms. The Morgan fingerprint density at radius 1 is 1.41 bits per heavy atom. The summed E-state index contributed by atoms with van der Waals surface area (Å²) < 4.78 is 7.62. The highest BCUT2D eigenvalue weighted by atomic mass is 32.2. The van der Waals surface area contributed by atoms with Gasteiger partial charge in [0.2, 0.25) is 11.9 Å². The van der Waals surface area contributed by atoms with Crippen LogP contribution in [0.15, 0.2) is 28.0 Å². The van der Waals surface area contributed by atoms with E-state index >= 15 is 0 Å². The van der Waals surface area contributed by atoms with Crippen molar-refractivity contribution in [3.8, 4) is 0 Å². The van der Waals surface area contributed by atoms with E-state index in [0.717, 1.165) is 55.1 Å². The van der Waals surface area contributed by atoms with Gasteiger partial charge >= 0.3 is 0 Å². The fraction of sp³-hybridized carbons (Fsp3) is 0.632. The molecule has 2 aromatic rings. The molecule has 148 valence electrons. The molecule has 1 aliphatic heterocycles. The first-order valence-electron chi connectivity index (χ1n) is 9.73. The van der Waals surface area contributed by atoms with E-state index in [0.29, 0.717) is 13.1 Å². The number of nitrogens with one attached hydrogen (secondary N) is 1. The molecule has 3 heterocycles. The van der Waals surface area contributed by atoms with Crippen molar-refractivity contribution in [2.45, 2.75) is 57.0 Å². The number of amides is 1. The van der Waals surface area contributed by atoms with Crippen molar-refractivity contribution >= 4 is 23.6 Å². The molecular formula is C19H29N5O2S. The molecule has 1 fully saturated rings. The summed E-state index contributed by atoms with van der Waals surface area (Å²) in [7, 11) is 0. The van der Waals surface area contributed by atoms with E-state index in [-0.39, 0.29) is 11.2 Å². The van der Waals surface area contributed by atoms with Gasteiger partial charge in [-0.3, -0.25) is 9.36 Å². The third kappa shape index (κ3) is 5.06. The van der Waals surface area contributed by atoms with Crippen LogP contribution in [0.3, 0.4) is 0 Å². The number of piperidine rings is 1. The minimum atomic E-state index is -0.231. The minimum absolute atomic E-state index is 0.0303. The number of anilines is 1. The standard InChI is InChI=1S/C19H29N5O2S/c1-4-9-20-17(25)15(3)27-19-22-21-18(23-10-7-14(2)8-11-23)24(19)13-16-6-5-12-26-16/h5-6,12,14-15H,4,7-11,13H2,1-3H3,(H,20,25). The molecule has 1 aliphatic rings. The molecule has 0 bridgehead atoms. The highest BCUT2D eigenvalue weighted by molar-refractivity contribution is 8.00. The average molecular weight is 392 g/mol. The number of carbonyl (C=O) groups is 1. The largest absolute Gasteiger partial charge is 0.467 e. The van der Waals surface area contributed by atoms with E-state index < -0.39 is 0 Å². The molecule has 1 saturated heterocycles. The number of carbonyl (C=O) groups excluding carboxylic acids is 1. The number of furan rings is 1. The zero-order valence-corrected chi connectivity index (χ0v) is 17.2. The van der Waals surface area contributed by atoms with Crippen molar-refractivity contribution in [3.05, 3.63) is 24.2 Å². The molecule has 1 unspecified atom stereocenters. The molecule has 7 nitrogen and oxygen atoms in total. The summed E-state index contributed by atoms with van der Waals surface area (Å²) in [5, 5.41) is 12.3. The van der Waals surface area contributed by atoms with E-state index in [9.17, 15) is 4.79 Å². The zero-order valence-electron chi connectivity index (χ0n) is 16.4. The van der Waals surface area contributed by atoms with Crippen LogP contribution < -0.4 is 10.2 Å². The molecule has 1 N–H and O–H groups in total. The lowest BCUT2D eigenvalue weighted by Crippen LogP contribution is -2.35. The van der Waals surface area contributed by atoms with Crippen molar-refractivity contribution in [2.75, 3.05) is 24.5 Å². The van der Waals surface area contributed by atoms with Crippen LogP contribution in [-0.2, 0) is 11.3 Å². The van der Waals surface area contributed by atoms with Crippen LogP contribution in [0.5, 0.6) is 0 Å². The smallest absolute Gasteiger partial charge is 0.233 e. The van der Waals surface area contributed by atoms with Gasteiger partial charge < -0.3 is 14.6 Å². The Hall–Kier alpha value is -1.96. The molecule has 1 atom stereocenters. The molecule has 1 amide bonds. The van der Waals surface area contributed by atoms with Crippen LogP contribution in [0.2, 0.25) is 0 Å². The number of aromatic nitrogens is 3. The summed E-state index contributed by atoms with van der Waals surface area (Å²) in [6.45, 7) is 9.47. The molecule has 8 heteroatoms. The van der Waals surface area contributed by atoms with E-state index in [4.69, 9.17) is 4.42 Å². The third-order valence-electron chi connectivity index (χ3n) is 4.86. The van der Waals surface area contributed by atoms with Gasteiger partial charge in [-0.1, -0.05) is 25.6 Å². The van der Waals surface area contributed by atoms with Crippen LogP contribution in [0, 0.1) is 5.92 Å². The molecule has 0 radical (unpaired) electrons. The predicted molar refractivity (Wildman–Crippen MR) is 107 cm³/mol. The predicted octanol–water partition coefficient (Wildman–Crippen LogP) is 3.16. The Kier molecular flexibility index (Phi) is 6.82. The summed E-state index contributed by atoms with van der Waals surface area (Å²) in [4.78, 5) is 14.6. The number of hydrogen-bond acceptors (Lipinski definition) is 6. The zero-order chi connectivity index (χ0) is 19.2. The second-order valence-electron chi connectivity index (χ2n) is 7.17. The normalized spacial score (nSPS) is 16.5. The Morgan fingerprint density at radius 2 is 2.19 bits per heavy atom. The van der Waals surface area contributed by atoms with Crippen molar-refractivity contribution in [2.24, 2.45) is 5.92 Å². The highest BCUT2D eigenvalue weighted by Crippen LogP contribution is 2.29. The van der Waals surface area contributed by atoms with Gasteiger partial charge in [0, 0.05) is 19.6 Å². The van der Waals surface area contributed by atoms with Gasteiger partial charge in [-0.25, -0.2) is 0 Å². The van der Waals surface area contributed by atoms with Gasteiger partial charge in [0.1, 0.15) is 5.76 Å². The molecular weight excluding hydrogens is 362 g/mol. The summed E-state index contributed by atoms with van der Waals surface area (Å²) in [5.41, 5.74) is 0. The van der Waals surface area contributed by atoms with Crippen molar-refractivity contribution in [1.82, 2.24) is 20.1 Å². The molecule has 0 aromatic carbocycles. The molecule has 0 saturated carbocycles. The van der Waals surface area contributed by atoms with E-state index in [1.165, 1.54) is 11.8 Å². The first-order chi connectivity index (χ1) is 13.1. The van der Waals surface area contributed by atoms with Crippen LogP contribution in [0.4, 0.5) is 5.95 Å². The number of rotatable bonds is 8. The first kappa shape index (κ1) is 19.8. The van der Waals surface area contributed by atoms with Gasteiger partial charge in [0.15, 0.2) is 5.16 Å². The highest BCUT2D eigenvalue weighted by Gasteiger charge is 2.25. The minimum Gasteiger partial charge on any atom is -0.467 e. The van der Waals surface area contributed by atoms with Crippen LogP contribution in [0.25, 0.3) is 0 Å². The second-order valence-corrected chi connectivity index (χ2v) is 8.48. The molecule has 2 aromatic heterocycles. The second kappa shape index (κ2) is 9.30. The summed E-state index contributed by atoms with van der Waals surface area (Å²) in [5.74, 6) is 2.50. The number of thioether (sulfide) groups is 1. The van der Waals surface area contributed by atoms with Gasteiger partial charge in [0.05, 0.1) is 18.1 Å². The summed E-state index contributed by atoms with van der Waals surface area (Å²) in [6, 6.07) is 3.84. The van der Waals surface area contributed by atoms with Crippen molar-refractivity contribution in [3.63, 3.8) is 0 Å². The van der Waals surface area contributed by atoms with Crippen LogP contribution in [0.1, 0.15) is 45.8 Å². The fourth-order valence-corrected chi connectivity index (χ4v) is 3.98. The lowest BCUT2D eigenvalue weighted by Gasteiger charge is -2.31. The van der Waals surface area contributed by atoms with E-state index in [1.54, 1.807) is 6.26 Å². The Bertz CT molecular complexity index is 723. The number of hydrogen-bond donors (Lipinski definition) is 1. The summed E-state index contributed by atoms with van der Waals surface area (Å²) in [6.07, 6.45) is 4.92. The third-order valence-corrected chi connectivity index (χ3v) is 5.94. The Morgan fingerprint density at radius 3 is 2.85 bits per heavy atom.